The summed E-state index contributed by atoms with van der Waals surface area (Å²) in [4.78, 5) is 10.2. The zero-order valence-electron chi connectivity index (χ0n) is 10.6. The quantitative estimate of drug-likeness (QED) is 0.672. The van der Waals surface area contributed by atoms with Gasteiger partial charge >= 0.3 is 0 Å². The van der Waals surface area contributed by atoms with Gasteiger partial charge < -0.3 is 5.32 Å². The summed E-state index contributed by atoms with van der Waals surface area (Å²) in [6, 6.07) is 11.9. The SMILES string of the molecule is Cc1ccc(Br)c(Nc2ccc([N+](=O)[O-])cc2C#N)c1. The summed E-state index contributed by atoms with van der Waals surface area (Å²) in [6.45, 7) is 1.96. The van der Waals surface area contributed by atoms with Crippen molar-refractivity contribution in [1.29, 1.82) is 5.26 Å². The molecule has 0 atom stereocenters. The molecule has 20 heavy (non-hydrogen) atoms. The van der Waals surface area contributed by atoms with Crippen LogP contribution < -0.4 is 5.32 Å². The number of non-ortho nitro benzene ring substituents is 1. The number of hydrogen-bond acceptors (Lipinski definition) is 4. The van der Waals surface area contributed by atoms with Gasteiger partial charge in [0.1, 0.15) is 6.07 Å². The number of aryl methyl sites for hydroxylation is 1. The summed E-state index contributed by atoms with van der Waals surface area (Å²) >= 11 is 3.42. The molecule has 0 saturated carbocycles. The van der Waals surface area contributed by atoms with E-state index in [2.05, 4.69) is 21.2 Å². The molecule has 100 valence electrons. The van der Waals surface area contributed by atoms with Crippen LogP contribution in [0.3, 0.4) is 0 Å². The van der Waals surface area contributed by atoms with Gasteiger partial charge in [-0.05, 0) is 46.6 Å². The normalized spacial score (nSPS) is 9.85. The highest BCUT2D eigenvalue weighted by atomic mass is 79.9. The summed E-state index contributed by atoms with van der Waals surface area (Å²) in [6.07, 6.45) is 0. The molecule has 0 aliphatic heterocycles. The van der Waals surface area contributed by atoms with Gasteiger partial charge in [-0.15, -0.1) is 0 Å². The molecule has 2 rings (SSSR count). The highest BCUT2D eigenvalue weighted by Gasteiger charge is 2.11. The zero-order chi connectivity index (χ0) is 14.7. The highest BCUT2D eigenvalue weighted by molar-refractivity contribution is 9.10. The van der Waals surface area contributed by atoms with Gasteiger partial charge in [0.15, 0.2) is 0 Å². The first-order chi connectivity index (χ1) is 9.51. The fourth-order valence-corrected chi connectivity index (χ4v) is 2.07. The first-order valence-corrected chi connectivity index (χ1v) is 6.52. The van der Waals surface area contributed by atoms with Crippen molar-refractivity contribution in [2.75, 3.05) is 5.32 Å². The summed E-state index contributed by atoms with van der Waals surface area (Å²) in [5.74, 6) is 0. The van der Waals surface area contributed by atoms with Crippen molar-refractivity contribution >= 4 is 33.0 Å². The smallest absolute Gasteiger partial charge is 0.270 e. The molecule has 6 heteroatoms. The predicted molar refractivity (Wildman–Crippen MR) is 80.0 cm³/mol. The summed E-state index contributed by atoms with van der Waals surface area (Å²) in [5.41, 5.74) is 2.53. The predicted octanol–water partition coefficient (Wildman–Crippen LogP) is 4.28. The van der Waals surface area contributed by atoms with Gasteiger partial charge in [-0.3, -0.25) is 10.1 Å². The molecule has 0 amide bonds. The van der Waals surface area contributed by atoms with E-state index in [-0.39, 0.29) is 11.3 Å². The summed E-state index contributed by atoms with van der Waals surface area (Å²) < 4.78 is 0.852. The minimum absolute atomic E-state index is 0.101. The van der Waals surface area contributed by atoms with Crippen LogP contribution in [0.2, 0.25) is 0 Å². The Labute approximate surface area is 124 Å². The highest BCUT2D eigenvalue weighted by Crippen LogP contribution is 2.29. The fourth-order valence-electron chi connectivity index (χ4n) is 1.73. The van der Waals surface area contributed by atoms with Crippen molar-refractivity contribution in [3.63, 3.8) is 0 Å². The lowest BCUT2D eigenvalue weighted by Crippen LogP contribution is -1.97. The van der Waals surface area contributed by atoms with Crippen LogP contribution in [0.15, 0.2) is 40.9 Å². The molecule has 0 radical (unpaired) electrons. The molecule has 1 N–H and O–H groups in total. The van der Waals surface area contributed by atoms with Crippen LogP contribution in [0.25, 0.3) is 0 Å². The van der Waals surface area contributed by atoms with Crippen LogP contribution >= 0.6 is 15.9 Å². The average Bonchev–Trinajstić information content (AvgIpc) is 2.43. The van der Waals surface area contributed by atoms with Gasteiger partial charge in [0.05, 0.1) is 21.9 Å². The maximum Gasteiger partial charge on any atom is 0.270 e. The Morgan fingerprint density at radius 1 is 1.25 bits per heavy atom. The molecule has 0 bridgehead atoms. The van der Waals surface area contributed by atoms with Crippen LogP contribution in [0, 0.1) is 28.4 Å². The van der Waals surface area contributed by atoms with E-state index in [1.165, 1.54) is 18.2 Å². The molecule has 0 aliphatic rings. The fraction of sp³-hybridized carbons (Fsp3) is 0.0714. The lowest BCUT2D eigenvalue weighted by molar-refractivity contribution is -0.384. The second-order valence-electron chi connectivity index (χ2n) is 4.21. The molecule has 0 aromatic heterocycles. The van der Waals surface area contributed by atoms with Gasteiger partial charge in [-0.25, -0.2) is 0 Å². The third-order valence-corrected chi connectivity index (χ3v) is 3.42. The Balaban J connectivity index is 2.41. The lowest BCUT2D eigenvalue weighted by atomic mass is 10.1. The molecule has 0 spiro atoms. The standard InChI is InChI=1S/C14H10BrN3O2/c1-9-2-4-12(15)14(6-9)17-13-5-3-11(18(19)20)7-10(13)8-16/h2-7,17H,1H3. The zero-order valence-corrected chi connectivity index (χ0v) is 12.1. The second-order valence-corrected chi connectivity index (χ2v) is 5.06. The Bertz CT molecular complexity index is 723. The molecular formula is C14H10BrN3O2. The first kappa shape index (κ1) is 14.0. The number of halogens is 1. The second kappa shape index (κ2) is 5.72. The van der Waals surface area contributed by atoms with Crippen LogP contribution in [0.4, 0.5) is 17.1 Å². The maximum atomic E-state index is 10.7. The van der Waals surface area contributed by atoms with Gasteiger partial charge in [0.2, 0.25) is 0 Å². The first-order valence-electron chi connectivity index (χ1n) is 5.73. The number of anilines is 2. The van der Waals surface area contributed by atoms with Crippen molar-refractivity contribution in [2.45, 2.75) is 6.92 Å². The minimum Gasteiger partial charge on any atom is -0.354 e. The van der Waals surface area contributed by atoms with E-state index in [0.717, 1.165) is 15.7 Å². The Hall–Kier alpha value is -2.39. The molecule has 0 heterocycles. The largest absolute Gasteiger partial charge is 0.354 e. The molecule has 0 saturated heterocycles. The van der Waals surface area contributed by atoms with Crippen LogP contribution in [-0.2, 0) is 0 Å². The third-order valence-electron chi connectivity index (χ3n) is 2.73. The van der Waals surface area contributed by atoms with E-state index in [9.17, 15) is 10.1 Å². The van der Waals surface area contributed by atoms with E-state index in [0.29, 0.717) is 5.69 Å². The third kappa shape index (κ3) is 2.95. The topological polar surface area (TPSA) is 79.0 Å². The van der Waals surface area contributed by atoms with E-state index in [1.54, 1.807) is 0 Å². The van der Waals surface area contributed by atoms with Crippen molar-refractivity contribution in [3.8, 4) is 6.07 Å². The number of hydrogen-bond donors (Lipinski definition) is 1. The number of nitriles is 1. The van der Waals surface area contributed by atoms with Crippen molar-refractivity contribution < 1.29 is 4.92 Å². The molecule has 5 nitrogen and oxygen atoms in total. The number of nitro benzene ring substituents is 1. The van der Waals surface area contributed by atoms with Gasteiger partial charge in [-0.1, -0.05) is 6.07 Å². The van der Waals surface area contributed by atoms with Crippen molar-refractivity contribution in [1.82, 2.24) is 0 Å². The Kier molecular flexibility index (Phi) is 4.01. The molecule has 0 aliphatic carbocycles. The van der Waals surface area contributed by atoms with E-state index in [4.69, 9.17) is 5.26 Å². The van der Waals surface area contributed by atoms with Gasteiger partial charge in [-0.2, -0.15) is 5.26 Å². The maximum absolute atomic E-state index is 10.7. The van der Waals surface area contributed by atoms with Gasteiger partial charge in [0.25, 0.3) is 5.69 Å². The van der Waals surface area contributed by atoms with Crippen LogP contribution in [-0.4, -0.2) is 4.92 Å². The Morgan fingerprint density at radius 3 is 2.65 bits per heavy atom. The number of rotatable bonds is 3. The van der Waals surface area contributed by atoms with E-state index in [1.807, 2.05) is 31.2 Å². The summed E-state index contributed by atoms with van der Waals surface area (Å²) in [7, 11) is 0. The van der Waals surface area contributed by atoms with Crippen LogP contribution in [0.5, 0.6) is 0 Å². The van der Waals surface area contributed by atoms with Crippen molar-refractivity contribution in [3.05, 3.63) is 62.1 Å². The summed E-state index contributed by atoms with van der Waals surface area (Å²) in [5, 5.41) is 22.9. The van der Waals surface area contributed by atoms with Crippen LogP contribution in [0.1, 0.15) is 11.1 Å². The van der Waals surface area contributed by atoms with E-state index < -0.39 is 4.92 Å². The minimum atomic E-state index is -0.521. The Morgan fingerprint density at radius 2 is 2.00 bits per heavy atom. The number of nitrogens with one attached hydrogen (secondary N) is 1. The van der Waals surface area contributed by atoms with Gasteiger partial charge in [0, 0.05) is 16.6 Å². The molecule has 2 aromatic carbocycles. The molecule has 0 fully saturated rings. The molecular weight excluding hydrogens is 322 g/mol. The average molecular weight is 332 g/mol. The monoisotopic (exact) mass is 331 g/mol. The van der Waals surface area contributed by atoms with Crippen molar-refractivity contribution in [2.24, 2.45) is 0 Å². The lowest BCUT2D eigenvalue weighted by Gasteiger charge is -2.10. The number of benzene rings is 2. The molecule has 2 aromatic rings. The molecule has 0 unspecified atom stereocenters. The number of nitro groups is 1. The van der Waals surface area contributed by atoms with E-state index >= 15 is 0 Å². The number of nitrogens with zero attached hydrogens (tertiary/aromatic N) is 2.